The van der Waals surface area contributed by atoms with Gasteiger partial charge in [0, 0.05) is 25.2 Å². The Bertz CT molecular complexity index is 311. The maximum absolute atomic E-state index is 12.6. The lowest BCUT2D eigenvalue weighted by Crippen LogP contribution is -2.51. The average Bonchev–Trinajstić information content (AvgIpc) is 2.63. The van der Waals surface area contributed by atoms with E-state index in [-0.39, 0.29) is 0 Å². The molecule has 2 fully saturated rings. The van der Waals surface area contributed by atoms with Gasteiger partial charge in [-0.3, -0.25) is 9.69 Å². The summed E-state index contributed by atoms with van der Waals surface area (Å²) < 4.78 is 0. The fourth-order valence-corrected chi connectivity index (χ4v) is 3.68. The van der Waals surface area contributed by atoms with Gasteiger partial charge in [-0.2, -0.15) is 0 Å². The number of piperidine rings is 1. The van der Waals surface area contributed by atoms with E-state index in [4.69, 9.17) is 0 Å². The monoisotopic (exact) mass is 281 g/mol. The topological polar surface area (TPSA) is 26.8 Å². The molecule has 2 atom stereocenters. The summed E-state index contributed by atoms with van der Waals surface area (Å²) in [5.74, 6) is 0.342. The largest absolute Gasteiger partial charge is 0.336 e. The van der Waals surface area contributed by atoms with Crippen LogP contribution in [0.25, 0.3) is 0 Å². The van der Waals surface area contributed by atoms with E-state index in [0.29, 0.717) is 24.5 Å². The molecule has 0 saturated carbocycles. The summed E-state index contributed by atoms with van der Waals surface area (Å²) in [6.07, 6.45) is 4.78. The Morgan fingerprint density at radius 3 is 2.20 bits per heavy atom. The second-order valence-corrected chi connectivity index (χ2v) is 6.49. The molecule has 2 aliphatic heterocycles. The Kier molecular flexibility index (Phi) is 5.85. The maximum atomic E-state index is 12.6. The molecule has 2 aliphatic rings. The van der Waals surface area contributed by atoms with E-state index < -0.39 is 0 Å². The SMILES string of the molecule is CCN1CCCN(CC(=O)N2[C@@H](C)CCC[C@@H]2C)CC1. The van der Waals surface area contributed by atoms with Crippen LogP contribution in [0.5, 0.6) is 0 Å². The van der Waals surface area contributed by atoms with Crippen molar-refractivity contribution in [2.24, 2.45) is 0 Å². The third kappa shape index (κ3) is 3.95. The Morgan fingerprint density at radius 1 is 0.950 bits per heavy atom. The van der Waals surface area contributed by atoms with Crippen molar-refractivity contribution < 1.29 is 4.79 Å². The molecule has 116 valence electrons. The number of nitrogens with zero attached hydrogens (tertiary/aromatic N) is 3. The molecule has 0 aromatic rings. The van der Waals surface area contributed by atoms with Crippen molar-refractivity contribution in [3.63, 3.8) is 0 Å². The number of amides is 1. The minimum Gasteiger partial charge on any atom is -0.336 e. The minimum atomic E-state index is 0.342. The maximum Gasteiger partial charge on any atom is 0.237 e. The number of likely N-dealkylation sites (N-methyl/N-ethyl adjacent to an activating group) is 1. The lowest BCUT2D eigenvalue weighted by atomic mass is 9.97. The molecule has 0 aromatic heterocycles. The molecule has 4 heteroatoms. The van der Waals surface area contributed by atoms with Gasteiger partial charge < -0.3 is 9.80 Å². The van der Waals surface area contributed by atoms with Gasteiger partial charge >= 0.3 is 0 Å². The van der Waals surface area contributed by atoms with E-state index in [2.05, 4.69) is 35.5 Å². The summed E-state index contributed by atoms with van der Waals surface area (Å²) in [4.78, 5) is 19.6. The summed E-state index contributed by atoms with van der Waals surface area (Å²) in [6.45, 7) is 12.8. The number of likely N-dealkylation sites (tertiary alicyclic amines) is 1. The van der Waals surface area contributed by atoms with Crippen LogP contribution in [0.15, 0.2) is 0 Å². The first-order valence-electron chi connectivity index (χ1n) is 8.37. The van der Waals surface area contributed by atoms with Gasteiger partial charge in [-0.1, -0.05) is 6.92 Å². The lowest BCUT2D eigenvalue weighted by molar-refractivity contribution is -0.138. The number of rotatable bonds is 3. The predicted octanol–water partition coefficient (Wildman–Crippen LogP) is 1.80. The molecule has 0 aromatic carbocycles. The molecule has 20 heavy (non-hydrogen) atoms. The first-order chi connectivity index (χ1) is 9.61. The molecular weight excluding hydrogens is 250 g/mol. The highest BCUT2D eigenvalue weighted by molar-refractivity contribution is 5.79. The van der Waals surface area contributed by atoms with Crippen molar-refractivity contribution in [1.82, 2.24) is 14.7 Å². The predicted molar refractivity (Wildman–Crippen MR) is 82.8 cm³/mol. The van der Waals surface area contributed by atoms with Gasteiger partial charge in [0.2, 0.25) is 5.91 Å². The van der Waals surface area contributed by atoms with Crippen LogP contribution in [0.4, 0.5) is 0 Å². The fraction of sp³-hybridized carbons (Fsp3) is 0.938. The third-order valence-electron chi connectivity index (χ3n) is 4.97. The van der Waals surface area contributed by atoms with Crippen LogP contribution in [0, 0.1) is 0 Å². The van der Waals surface area contributed by atoms with Gasteiger partial charge in [0.25, 0.3) is 0 Å². The third-order valence-corrected chi connectivity index (χ3v) is 4.97. The van der Waals surface area contributed by atoms with Crippen LogP contribution >= 0.6 is 0 Å². The first-order valence-corrected chi connectivity index (χ1v) is 8.37. The van der Waals surface area contributed by atoms with Crippen molar-refractivity contribution in [2.45, 2.75) is 58.5 Å². The van der Waals surface area contributed by atoms with Gasteiger partial charge in [0.1, 0.15) is 0 Å². The van der Waals surface area contributed by atoms with Gasteiger partial charge in [-0.15, -0.1) is 0 Å². The molecule has 0 radical (unpaired) electrons. The molecule has 2 rings (SSSR count). The van der Waals surface area contributed by atoms with Gasteiger partial charge in [0.15, 0.2) is 0 Å². The Labute approximate surface area is 124 Å². The zero-order chi connectivity index (χ0) is 14.5. The van der Waals surface area contributed by atoms with Crippen LogP contribution in [-0.4, -0.2) is 72.0 Å². The molecule has 0 unspecified atom stereocenters. The second kappa shape index (κ2) is 7.41. The van der Waals surface area contributed by atoms with Crippen LogP contribution in [0.1, 0.15) is 46.5 Å². The number of hydrogen-bond donors (Lipinski definition) is 0. The van der Waals surface area contributed by atoms with Crippen molar-refractivity contribution in [1.29, 1.82) is 0 Å². The van der Waals surface area contributed by atoms with Gasteiger partial charge in [-0.05, 0) is 59.2 Å². The van der Waals surface area contributed by atoms with Crippen LogP contribution in [0.3, 0.4) is 0 Å². The highest BCUT2D eigenvalue weighted by Gasteiger charge is 2.29. The van der Waals surface area contributed by atoms with Crippen molar-refractivity contribution in [3.05, 3.63) is 0 Å². The van der Waals surface area contributed by atoms with Crippen LogP contribution < -0.4 is 0 Å². The molecule has 2 heterocycles. The minimum absolute atomic E-state index is 0.342. The van der Waals surface area contributed by atoms with E-state index in [0.717, 1.165) is 26.2 Å². The standard InChI is InChI=1S/C16H31N3O/c1-4-17-9-6-10-18(12-11-17)13-16(20)19-14(2)7-5-8-15(19)3/h14-15H,4-13H2,1-3H3/t14-,15-/m0/s1. The number of hydrogen-bond acceptors (Lipinski definition) is 3. The molecule has 0 bridgehead atoms. The normalized spacial score (nSPS) is 30.2. The van der Waals surface area contributed by atoms with E-state index in [1.54, 1.807) is 0 Å². The molecule has 4 nitrogen and oxygen atoms in total. The summed E-state index contributed by atoms with van der Waals surface area (Å²) in [7, 11) is 0. The molecule has 2 saturated heterocycles. The van der Waals surface area contributed by atoms with E-state index in [1.807, 2.05) is 0 Å². The average molecular weight is 281 g/mol. The van der Waals surface area contributed by atoms with Gasteiger partial charge in [-0.25, -0.2) is 0 Å². The Balaban J connectivity index is 1.87. The summed E-state index contributed by atoms with van der Waals surface area (Å²) >= 11 is 0. The van der Waals surface area contributed by atoms with E-state index >= 15 is 0 Å². The second-order valence-electron chi connectivity index (χ2n) is 6.49. The number of carbonyl (C=O) groups excluding carboxylic acids is 1. The van der Waals surface area contributed by atoms with Crippen LogP contribution in [-0.2, 0) is 4.79 Å². The van der Waals surface area contributed by atoms with Crippen molar-refractivity contribution in [2.75, 3.05) is 39.3 Å². The molecule has 0 aliphatic carbocycles. The van der Waals surface area contributed by atoms with Crippen molar-refractivity contribution in [3.8, 4) is 0 Å². The quantitative estimate of drug-likeness (QED) is 0.789. The summed E-state index contributed by atoms with van der Waals surface area (Å²) in [5.41, 5.74) is 0. The Morgan fingerprint density at radius 2 is 1.55 bits per heavy atom. The van der Waals surface area contributed by atoms with Crippen LogP contribution in [0.2, 0.25) is 0 Å². The summed E-state index contributed by atoms with van der Waals surface area (Å²) in [6, 6.07) is 0.843. The smallest absolute Gasteiger partial charge is 0.237 e. The summed E-state index contributed by atoms with van der Waals surface area (Å²) in [5, 5.41) is 0. The van der Waals surface area contributed by atoms with E-state index in [9.17, 15) is 4.79 Å². The molecule has 0 spiro atoms. The highest BCUT2D eigenvalue weighted by Crippen LogP contribution is 2.22. The highest BCUT2D eigenvalue weighted by atomic mass is 16.2. The molecular formula is C16H31N3O. The lowest BCUT2D eigenvalue weighted by Gasteiger charge is -2.40. The Hall–Kier alpha value is -0.610. The molecule has 0 N–H and O–H groups in total. The first kappa shape index (κ1) is 15.8. The number of carbonyl (C=O) groups is 1. The fourth-order valence-electron chi connectivity index (χ4n) is 3.68. The zero-order valence-electron chi connectivity index (χ0n) is 13.5. The zero-order valence-corrected chi connectivity index (χ0v) is 13.5. The van der Waals surface area contributed by atoms with E-state index in [1.165, 1.54) is 32.2 Å². The van der Waals surface area contributed by atoms with Gasteiger partial charge in [0.05, 0.1) is 6.54 Å². The van der Waals surface area contributed by atoms with Crippen molar-refractivity contribution >= 4 is 5.91 Å². The molecule has 1 amide bonds.